The summed E-state index contributed by atoms with van der Waals surface area (Å²) in [6.45, 7) is 4.05. The SMILES string of the molecule is C/C=C1\CC[C@@H]2N(S(C)(=O)=O)c3ccccc3[C@@]23CCN(C/C=C\I)[C@H]13. The maximum atomic E-state index is 12.7. The van der Waals surface area contributed by atoms with E-state index in [1.165, 1.54) is 17.4 Å². The Labute approximate surface area is 170 Å². The highest BCUT2D eigenvalue weighted by molar-refractivity contribution is 14.1. The van der Waals surface area contributed by atoms with Crippen molar-refractivity contribution in [1.82, 2.24) is 4.90 Å². The van der Waals surface area contributed by atoms with E-state index in [0.717, 1.165) is 38.0 Å². The molecule has 1 aliphatic carbocycles. The number of fused-ring (bicyclic) bond motifs is 1. The van der Waals surface area contributed by atoms with Crippen molar-refractivity contribution in [3.8, 4) is 0 Å². The Morgan fingerprint density at radius 3 is 2.81 bits per heavy atom. The Balaban J connectivity index is 1.92. The molecule has 0 N–H and O–H groups in total. The van der Waals surface area contributed by atoms with Crippen LogP contribution in [0.1, 0.15) is 31.7 Å². The molecule has 4 rings (SSSR count). The lowest BCUT2D eigenvalue weighted by molar-refractivity contribution is 0.208. The Kier molecular flexibility index (Phi) is 4.72. The minimum Gasteiger partial charge on any atom is -0.292 e. The number of benzene rings is 1. The van der Waals surface area contributed by atoms with Gasteiger partial charge in [-0.25, -0.2) is 8.42 Å². The first kappa shape index (κ1) is 18.5. The second-order valence-corrected chi connectivity index (χ2v) is 10.1. The van der Waals surface area contributed by atoms with Gasteiger partial charge in [0.2, 0.25) is 10.0 Å². The number of sulfonamides is 1. The van der Waals surface area contributed by atoms with Crippen LogP contribution in [0.25, 0.3) is 0 Å². The maximum absolute atomic E-state index is 12.7. The van der Waals surface area contributed by atoms with Gasteiger partial charge < -0.3 is 0 Å². The van der Waals surface area contributed by atoms with Crippen molar-refractivity contribution in [1.29, 1.82) is 0 Å². The molecule has 0 radical (unpaired) electrons. The van der Waals surface area contributed by atoms with Crippen LogP contribution in [0.4, 0.5) is 5.69 Å². The Morgan fingerprint density at radius 1 is 1.35 bits per heavy atom. The maximum Gasteiger partial charge on any atom is 0.232 e. The van der Waals surface area contributed by atoms with Crippen LogP contribution in [-0.2, 0) is 15.4 Å². The first-order valence-corrected chi connectivity index (χ1v) is 12.3. The van der Waals surface area contributed by atoms with Crippen LogP contribution in [-0.4, -0.2) is 44.7 Å². The van der Waals surface area contributed by atoms with Gasteiger partial charge in [-0.1, -0.05) is 58.5 Å². The van der Waals surface area contributed by atoms with Crippen molar-refractivity contribution in [2.24, 2.45) is 0 Å². The number of halogens is 1. The molecule has 3 atom stereocenters. The van der Waals surface area contributed by atoms with Gasteiger partial charge >= 0.3 is 0 Å². The van der Waals surface area contributed by atoms with Crippen LogP contribution in [0.15, 0.2) is 46.1 Å². The van der Waals surface area contributed by atoms with Gasteiger partial charge in [0.05, 0.1) is 18.0 Å². The summed E-state index contributed by atoms with van der Waals surface area (Å²) in [5.41, 5.74) is 3.46. The molecule has 1 aromatic rings. The summed E-state index contributed by atoms with van der Waals surface area (Å²) < 4.78 is 29.3. The fraction of sp³-hybridized carbons (Fsp3) is 0.500. The van der Waals surface area contributed by atoms with Crippen LogP contribution in [0.5, 0.6) is 0 Å². The van der Waals surface area contributed by atoms with Gasteiger partial charge in [-0.3, -0.25) is 9.21 Å². The molecule has 26 heavy (non-hydrogen) atoms. The molecule has 1 aromatic carbocycles. The summed E-state index contributed by atoms with van der Waals surface area (Å²) in [7, 11) is -3.31. The van der Waals surface area contributed by atoms with Gasteiger partial charge in [0.25, 0.3) is 0 Å². The highest BCUT2D eigenvalue weighted by Gasteiger charge is 2.63. The van der Waals surface area contributed by atoms with Crippen molar-refractivity contribution < 1.29 is 8.42 Å². The smallest absolute Gasteiger partial charge is 0.232 e. The van der Waals surface area contributed by atoms with Gasteiger partial charge in [0.1, 0.15) is 0 Å². The van der Waals surface area contributed by atoms with E-state index in [4.69, 9.17) is 0 Å². The van der Waals surface area contributed by atoms with Gasteiger partial charge in [-0.2, -0.15) is 0 Å². The molecule has 1 saturated heterocycles. The number of hydrogen-bond acceptors (Lipinski definition) is 3. The summed E-state index contributed by atoms with van der Waals surface area (Å²) in [6.07, 6.45) is 8.70. The number of hydrogen-bond donors (Lipinski definition) is 0. The molecule has 140 valence electrons. The monoisotopic (exact) mass is 484 g/mol. The van der Waals surface area contributed by atoms with Gasteiger partial charge in [0, 0.05) is 24.5 Å². The zero-order valence-electron chi connectivity index (χ0n) is 15.2. The fourth-order valence-corrected chi connectivity index (χ4v) is 7.13. The summed E-state index contributed by atoms with van der Waals surface area (Å²) in [4.78, 5) is 2.54. The molecule has 4 nitrogen and oxygen atoms in total. The minimum atomic E-state index is -3.31. The highest BCUT2D eigenvalue weighted by atomic mass is 127. The molecule has 2 aliphatic heterocycles. The number of para-hydroxylation sites is 1. The molecule has 0 amide bonds. The Morgan fingerprint density at radius 2 is 2.12 bits per heavy atom. The first-order valence-electron chi connectivity index (χ1n) is 9.18. The molecule has 2 fully saturated rings. The largest absolute Gasteiger partial charge is 0.292 e. The van der Waals surface area contributed by atoms with Crippen molar-refractivity contribution >= 4 is 38.3 Å². The van der Waals surface area contributed by atoms with Crippen LogP contribution < -0.4 is 4.31 Å². The average molecular weight is 484 g/mol. The third kappa shape index (κ3) is 2.52. The lowest BCUT2D eigenvalue weighted by Gasteiger charge is -2.47. The van der Waals surface area contributed by atoms with E-state index in [1.807, 2.05) is 12.1 Å². The van der Waals surface area contributed by atoms with Crippen LogP contribution in [0.3, 0.4) is 0 Å². The Hall–Kier alpha value is -0.860. The average Bonchev–Trinajstić information content (AvgIpc) is 3.14. The molecule has 1 saturated carbocycles. The molecule has 0 bridgehead atoms. The lowest BCUT2D eigenvalue weighted by atomic mass is 9.63. The van der Waals surface area contributed by atoms with Crippen molar-refractivity contribution in [3.63, 3.8) is 0 Å². The predicted octanol–water partition coefficient (Wildman–Crippen LogP) is 3.84. The van der Waals surface area contributed by atoms with E-state index in [9.17, 15) is 8.42 Å². The van der Waals surface area contributed by atoms with Gasteiger partial charge in [-0.05, 0) is 41.9 Å². The molecule has 3 aliphatic rings. The zero-order chi connectivity index (χ0) is 18.5. The molecule has 0 aromatic heterocycles. The van der Waals surface area contributed by atoms with E-state index in [2.05, 4.69) is 62.8 Å². The number of rotatable bonds is 3. The lowest BCUT2D eigenvalue weighted by Crippen LogP contribution is -2.56. The standard InChI is InChI=1S/C20H25IN2O2S/c1-3-15-9-10-18-20(11-14-22(19(15)20)13-6-12-21)16-7-4-5-8-17(16)23(18)26(2,24)25/h3-8,12,18-19H,9-11,13-14H2,1-2H3/b12-6-,15-3+/t18-,19+,20-/m0/s1. The second-order valence-electron chi connectivity index (χ2n) is 7.54. The van der Waals surface area contributed by atoms with E-state index in [-0.39, 0.29) is 17.5 Å². The van der Waals surface area contributed by atoms with Crippen molar-refractivity contribution in [3.05, 3.63) is 51.6 Å². The predicted molar refractivity (Wildman–Crippen MR) is 115 cm³/mol. The molecular weight excluding hydrogens is 459 g/mol. The number of anilines is 1. The molecule has 0 unspecified atom stereocenters. The summed E-state index contributed by atoms with van der Waals surface area (Å²) >= 11 is 2.27. The molecule has 1 spiro atoms. The van der Waals surface area contributed by atoms with Gasteiger partial charge in [-0.15, -0.1) is 0 Å². The third-order valence-electron chi connectivity index (χ3n) is 6.40. The number of likely N-dealkylation sites (tertiary alicyclic amines) is 1. The van der Waals surface area contributed by atoms with Crippen LogP contribution >= 0.6 is 22.6 Å². The summed E-state index contributed by atoms with van der Waals surface area (Å²) in [5, 5.41) is 0. The van der Waals surface area contributed by atoms with Crippen molar-refractivity contribution in [2.45, 2.75) is 43.7 Å². The van der Waals surface area contributed by atoms with E-state index in [0.29, 0.717) is 0 Å². The number of nitrogens with zero attached hydrogens (tertiary/aromatic N) is 2. The minimum absolute atomic E-state index is 0.0252. The third-order valence-corrected chi connectivity index (χ3v) is 8.08. The second kappa shape index (κ2) is 6.63. The summed E-state index contributed by atoms with van der Waals surface area (Å²) in [6, 6.07) is 8.48. The molecular formula is C20H25IN2O2S. The Bertz CT molecular complexity index is 880. The highest BCUT2D eigenvalue weighted by Crippen LogP contribution is 2.59. The molecule has 2 heterocycles. The topological polar surface area (TPSA) is 40.6 Å². The van der Waals surface area contributed by atoms with Crippen LogP contribution in [0.2, 0.25) is 0 Å². The van der Waals surface area contributed by atoms with E-state index < -0.39 is 10.0 Å². The molecule has 6 heteroatoms. The normalized spacial score (nSPS) is 32.9. The zero-order valence-corrected chi connectivity index (χ0v) is 18.2. The fourth-order valence-electron chi connectivity index (χ4n) is 5.63. The van der Waals surface area contributed by atoms with E-state index >= 15 is 0 Å². The van der Waals surface area contributed by atoms with Crippen molar-refractivity contribution in [2.75, 3.05) is 23.7 Å². The quantitative estimate of drug-likeness (QED) is 0.484. The van der Waals surface area contributed by atoms with E-state index in [1.54, 1.807) is 4.31 Å². The van der Waals surface area contributed by atoms with Gasteiger partial charge in [0.15, 0.2) is 0 Å². The first-order chi connectivity index (χ1) is 12.4. The van der Waals surface area contributed by atoms with Crippen LogP contribution in [0, 0.1) is 0 Å². The number of allylic oxidation sites excluding steroid dienone is 1. The summed E-state index contributed by atoms with van der Waals surface area (Å²) in [5.74, 6) is 0.